The number of hydrogen-bond acceptors (Lipinski definition) is 1. The van der Waals surface area contributed by atoms with E-state index in [2.05, 4.69) is 59.3 Å². The average molecular weight is 291 g/mol. The van der Waals surface area contributed by atoms with Crippen LogP contribution < -0.4 is 4.74 Å². The number of benzene rings is 2. The Morgan fingerprint density at radius 1 is 1.00 bits per heavy atom. The van der Waals surface area contributed by atoms with Crippen molar-refractivity contribution in [2.45, 2.75) is 12.3 Å². The Labute approximate surface area is 111 Å². The maximum Gasteiger partial charge on any atom is 0.121 e. The Morgan fingerprint density at radius 3 is 2.18 bits per heavy atom. The van der Waals surface area contributed by atoms with E-state index in [0.29, 0.717) is 0 Å². The minimum Gasteiger partial charge on any atom is -0.496 e. The van der Waals surface area contributed by atoms with E-state index >= 15 is 0 Å². The van der Waals surface area contributed by atoms with Gasteiger partial charge in [0.15, 0.2) is 0 Å². The third-order valence-electron chi connectivity index (χ3n) is 2.84. The lowest BCUT2D eigenvalue weighted by atomic mass is 10.0. The number of rotatable bonds is 3. The summed E-state index contributed by atoms with van der Waals surface area (Å²) in [4.78, 5) is 0. The molecule has 0 N–H and O–H groups in total. The number of ether oxygens (including phenoxy) is 1. The first-order chi connectivity index (χ1) is 8.24. The molecule has 2 aromatic carbocycles. The van der Waals surface area contributed by atoms with Gasteiger partial charge in [-0.05, 0) is 41.3 Å². The predicted molar refractivity (Wildman–Crippen MR) is 75.8 cm³/mol. The highest BCUT2D eigenvalue weighted by molar-refractivity contribution is 9.08. The third kappa shape index (κ3) is 2.70. The lowest BCUT2D eigenvalue weighted by molar-refractivity contribution is 0.412. The molecule has 2 heteroatoms. The number of hydrogen-bond donors (Lipinski definition) is 0. The van der Waals surface area contributed by atoms with Crippen LogP contribution in [0.3, 0.4) is 0 Å². The second kappa shape index (κ2) is 5.37. The Kier molecular flexibility index (Phi) is 3.85. The lowest BCUT2D eigenvalue weighted by Crippen LogP contribution is -1.88. The van der Waals surface area contributed by atoms with Gasteiger partial charge in [-0.15, -0.1) is 0 Å². The summed E-state index contributed by atoms with van der Waals surface area (Å²) in [6.07, 6.45) is 0. The Hall–Kier alpha value is -1.28. The minimum atomic E-state index is 0.898. The first-order valence-corrected chi connectivity index (χ1v) is 6.66. The zero-order valence-electron chi connectivity index (χ0n) is 10.0. The van der Waals surface area contributed by atoms with E-state index in [0.717, 1.165) is 16.6 Å². The molecular formula is C15H15BrO. The van der Waals surface area contributed by atoms with Gasteiger partial charge in [-0.2, -0.15) is 0 Å². The van der Waals surface area contributed by atoms with Crippen molar-refractivity contribution in [3.63, 3.8) is 0 Å². The van der Waals surface area contributed by atoms with Crippen molar-refractivity contribution in [1.82, 2.24) is 0 Å². The van der Waals surface area contributed by atoms with Crippen molar-refractivity contribution < 1.29 is 4.74 Å². The van der Waals surface area contributed by atoms with Gasteiger partial charge < -0.3 is 4.74 Å². The average Bonchev–Trinajstić information content (AvgIpc) is 2.39. The Morgan fingerprint density at radius 2 is 1.65 bits per heavy atom. The van der Waals surface area contributed by atoms with Crippen LogP contribution in [-0.2, 0) is 5.33 Å². The summed E-state index contributed by atoms with van der Waals surface area (Å²) in [5, 5.41) is 0.898. The molecule has 0 radical (unpaired) electrons. The molecule has 0 fully saturated rings. The predicted octanol–water partition coefficient (Wildman–Crippen LogP) is 4.57. The van der Waals surface area contributed by atoms with Crippen molar-refractivity contribution in [3.05, 3.63) is 53.6 Å². The lowest BCUT2D eigenvalue weighted by Gasteiger charge is -2.08. The van der Waals surface area contributed by atoms with E-state index in [4.69, 9.17) is 4.74 Å². The molecule has 0 aliphatic carbocycles. The van der Waals surface area contributed by atoms with Gasteiger partial charge >= 0.3 is 0 Å². The summed E-state index contributed by atoms with van der Waals surface area (Å²) in [5.74, 6) is 0.936. The maximum absolute atomic E-state index is 5.27. The van der Waals surface area contributed by atoms with E-state index in [1.807, 2.05) is 6.07 Å². The molecule has 0 atom stereocenters. The zero-order chi connectivity index (χ0) is 12.3. The first-order valence-electron chi connectivity index (χ1n) is 5.54. The van der Waals surface area contributed by atoms with Crippen LogP contribution in [0.2, 0.25) is 0 Å². The fourth-order valence-electron chi connectivity index (χ4n) is 1.84. The Balaban J connectivity index is 2.35. The summed E-state index contributed by atoms with van der Waals surface area (Å²) in [6, 6.07) is 14.9. The molecule has 2 rings (SSSR count). The fourth-order valence-corrected chi connectivity index (χ4v) is 2.22. The van der Waals surface area contributed by atoms with Crippen molar-refractivity contribution in [3.8, 4) is 16.9 Å². The molecule has 0 amide bonds. The summed E-state index contributed by atoms with van der Waals surface area (Å²) in [5.41, 5.74) is 4.92. The van der Waals surface area contributed by atoms with E-state index in [1.165, 1.54) is 16.7 Å². The molecule has 0 saturated heterocycles. The third-order valence-corrected chi connectivity index (χ3v) is 3.48. The maximum atomic E-state index is 5.27. The molecule has 0 aliphatic heterocycles. The number of aryl methyl sites for hydroxylation is 1. The molecule has 0 unspecified atom stereocenters. The topological polar surface area (TPSA) is 9.23 Å². The largest absolute Gasteiger partial charge is 0.496 e. The molecule has 17 heavy (non-hydrogen) atoms. The Bertz CT molecular complexity index is 503. The van der Waals surface area contributed by atoms with Gasteiger partial charge in [0, 0.05) is 5.33 Å². The summed E-state index contributed by atoms with van der Waals surface area (Å²) < 4.78 is 5.27. The molecule has 0 saturated carbocycles. The highest BCUT2D eigenvalue weighted by Gasteiger charge is 2.02. The number of methoxy groups -OCH3 is 1. The van der Waals surface area contributed by atoms with Crippen LogP contribution >= 0.6 is 15.9 Å². The van der Waals surface area contributed by atoms with Crippen LogP contribution in [0.1, 0.15) is 11.1 Å². The van der Waals surface area contributed by atoms with Gasteiger partial charge in [0.25, 0.3) is 0 Å². The second-order valence-electron chi connectivity index (χ2n) is 4.01. The van der Waals surface area contributed by atoms with Crippen molar-refractivity contribution in [2.24, 2.45) is 0 Å². The molecule has 0 aromatic heterocycles. The van der Waals surface area contributed by atoms with Gasteiger partial charge in [0.05, 0.1) is 7.11 Å². The summed E-state index contributed by atoms with van der Waals surface area (Å²) in [6.45, 7) is 2.06. The van der Waals surface area contributed by atoms with Crippen molar-refractivity contribution >= 4 is 15.9 Å². The minimum absolute atomic E-state index is 0.898. The molecule has 0 spiro atoms. The highest BCUT2D eigenvalue weighted by Crippen LogP contribution is 2.26. The number of halogens is 1. The van der Waals surface area contributed by atoms with E-state index in [1.54, 1.807) is 7.11 Å². The highest BCUT2D eigenvalue weighted by atomic mass is 79.9. The van der Waals surface area contributed by atoms with Crippen LogP contribution in [0.15, 0.2) is 42.5 Å². The molecule has 1 nitrogen and oxygen atoms in total. The standard InChI is InChI=1S/C15H15BrO/c1-11-9-14(7-8-15(11)17-2)13-5-3-12(10-16)4-6-13/h3-9H,10H2,1-2H3. The van der Waals surface area contributed by atoms with Crippen LogP contribution in [-0.4, -0.2) is 7.11 Å². The van der Waals surface area contributed by atoms with Crippen LogP contribution in [0, 0.1) is 6.92 Å². The zero-order valence-corrected chi connectivity index (χ0v) is 11.6. The van der Waals surface area contributed by atoms with E-state index in [9.17, 15) is 0 Å². The summed E-state index contributed by atoms with van der Waals surface area (Å²) in [7, 11) is 1.70. The molecule has 0 heterocycles. The monoisotopic (exact) mass is 290 g/mol. The van der Waals surface area contributed by atoms with E-state index in [-0.39, 0.29) is 0 Å². The summed E-state index contributed by atoms with van der Waals surface area (Å²) >= 11 is 3.45. The second-order valence-corrected chi connectivity index (χ2v) is 4.58. The van der Waals surface area contributed by atoms with Gasteiger partial charge in [-0.1, -0.05) is 46.3 Å². The van der Waals surface area contributed by atoms with Crippen molar-refractivity contribution in [2.75, 3.05) is 7.11 Å². The van der Waals surface area contributed by atoms with Gasteiger partial charge in [0.2, 0.25) is 0 Å². The smallest absolute Gasteiger partial charge is 0.121 e. The first kappa shape index (κ1) is 12.2. The number of alkyl halides is 1. The molecular weight excluding hydrogens is 276 g/mol. The van der Waals surface area contributed by atoms with Crippen LogP contribution in [0.5, 0.6) is 5.75 Å². The van der Waals surface area contributed by atoms with Gasteiger partial charge in [-0.3, -0.25) is 0 Å². The molecule has 88 valence electrons. The molecule has 0 bridgehead atoms. The van der Waals surface area contributed by atoms with Gasteiger partial charge in [-0.25, -0.2) is 0 Å². The van der Waals surface area contributed by atoms with Crippen LogP contribution in [0.25, 0.3) is 11.1 Å². The van der Waals surface area contributed by atoms with Gasteiger partial charge in [0.1, 0.15) is 5.75 Å². The molecule has 0 aliphatic rings. The molecule has 2 aromatic rings. The van der Waals surface area contributed by atoms with E-state index < -0.39 is 0 Å². The fraction of sp³-hybridized carbons (Fsp3) is 0.200. The SMILES string of the molecule is COc1ccc(-c2ccc(CBr)cc2)cc1C. The normalized spacial score (nSPS) is 10.3. The quantitative estimate of drug-likeness (QED) is 0.753. The van der Waals surface area contributed by atoms with Crippen molar-refractivity contribution in [1.29, 1.82) is 0 Å². The van der Waals surface area contributed by atoms with Crippen LogP contribution in [0.4, 0.5) is 0 Å².